The zero-order valence-corrected chi connectivity index (χ0v) is 19.3. The van der Waals surface area contributed by atoms with Crippen LogP contribution in [0.5, 0.6) is 11.5 Å². The molecule has 3 N–H and O–H groups in total. The molecule has 0 radical (unpaired) electrons. The number of phenolic OH excluding ortho intramolecular Hbond substituents is 2. The molecule has 0 unspecified atom stereocenters. The maximum Gasteiger partial charge on any atom is 0.309 e. The van der Waals surface area contributed by atoms with Crippen LogP contribution in [0.15, 0.2) is 12.1 Å². The summed E-state index contributed by atoms with van der Waals surface area (Å²) in [6.07, 6.45) is 14.5. The molecule has 0 saturated heterocycles. The fourth-order valence-electron chi connectivity index (χ4n) is 4.31. The minimum absolute atomic E-state index is 0.0233. The highest BCUT2D eigenvalue weighted by atomic mass is 16.4. The summed E-state index contributed by atoms with van der Waals surface area (Å²) in [5, 5.41) is 29.1. The van der Waals surface area contributed by atoms with Crippen molar-refractivity contribution in [2.24, 2.45) is 10.8 Å². The van der Waals surface area contributed by atoms with Crippen molar-refractivity contribution in [1.82, 2.24) is 0 Å². The van der Waals surface area contributed by atoms with Crippen molar-refractivity contribution in [2.45, 2.75) is 111 Å². The number of aliphatic carboxylic acids is 1. The summed E-state index contributed by atoms with van der Waals surface area (Å²) in [5.41, 5.74) is 2.30. The van der Waals surface area contributed by atoms with E-state index >= 15 is 0 Å². The number of carboxylic acids is 1. The van der Waals surface area contributed by atoms with Crippen LogP contribution in [-0.4, -0.2) is 21.3 Å². The van der Waals surface area contributed by atoms with Gasteiger partial charge in [0.25, 0.3) is 0 Å². The Bertz CT molecular complexity index is 683. The van der Waals surface area contributed by atoms with Gasteiger partial charge in [-0.3, -0.25) is 4.79 Å². The fourth-order valence-corrected chi connectivity index (χ4v) is 4.31. The van der Waals surface area contributed by atoms with Crippen LogP contribution in [-0.2, 0) is 17.6 Å². The van der Waals surface area contributed by atoms with E-state index in [1.807, 2.05) is 0 Å². The highest BCUT2D eigenvalue weighted by Gasteiger charge is 2.49. The van der Waals surface area contributed by atoms with Gasteiger partial charge >= 0.3 is 5.97 Å². The average Bonchev–Trinajstić information content (AvgIpc) is 3.44. The Labute approximate surface area is 182 Å². The van der Waals surface area contributed by atoms with Gasteiger partial charge in [-0.05, 0) is 80.0 Å². The lowest BCUT2D eigenvalue weighted by Gasteiger charge is -2.17. The molecule has 0 heterocycles. The Morgan fingerprint density at radius 1 is 0.833 bits per heavy atom. The number of phenols is 2. The summed E-state index contributed by atoms with van der Waals surface area (Å²) in [6, 6.07) is 3.47. The second-order valence-electron chi connectivity index (χ2n) is 10.6. The second-order valence-corrected chi connectivity index (χ2v) is 10.6. The Morgan fingerprint density at radius 3 is 1.73 bits per heavy atom. The van der Waals surface area contributed by atoms with Crippen molar-refractivity contribution < 1.29 is 20.1 Å². The number of carboxylic acid groups (broad SMARTS) is 1. The molecule has 0 spiro atoms. The zero-order chi connectivity index (χ0) is 22.2. The third-order valence-electron chi connectivity index (χ3n) is 6.58. The molecule has 4 nitrogen and oxygen atoms in total. The number of unbranched alkanes of at least 4 members (excludes halogenated alkanes) is 6. The smallest absolute Gasteiger partial charge is 0.309 e. The van der Waals surface area contributed by atoms with Crippen LogP contribution in [0.2, 0.25) is 0 Å². The minimum atomic E-state index is -0.620. The van der Waals surface area contributed by atoms with E-state index < -0.39 is 11.4 Å². The molecule has 0 aliphatic heterocycles. The lowest BCUT2D eigenvalue weighted by Crippen LogP contribution is -2.14. The van der Waals surface area contributed by atoms with E-state index in [2.05, 4.69) is 20.8 Å². The molecule has 1 aliphatic rings. The van der Waals surface area contributed by atoms with Crippen LogP contribution in [0, 0.1) is 10.8 Å². The van der Waals surface area contributed by atoms with Gasteiger partial charge in [0.2, 0.25) is 0 Å². The molecule has 1 fully saturated rings. The van der Waals surface area contributed by atoms with Gasteiger partial charge in [-0.15, -0.1) is 0 Å². The number of carbonyl (C=O) groups is 1. The predicted octanol–water partition coefficient (Wildman–Crippen LogP) is 6.99. The number of aryl methyl sites for hydroxylation is 2. The average molecular weight is 419 g/mol. The Kier molecular flexibility index (Phi) is 9.06. The first-order valence-corrected chi connectivity index (χ1v) is 11.9. The van der Waals surface area contributed by atoms with E-state index in [9.17, 15) is 20.1 Å². The normalized spacial score (nSPS) is 15.3. The summed E-state index contributed by atoms with van der Waals surface area (Å²) in [7, 11) is 0. The minimum Gasteiger partial charge on any atom is -0.504 e. The van der Waals surface area contributed by atoms with Gasteiger partial charge in [0.15, 0.2) is 11.5 Å². The van der Waals surface area contributed by atoms with E-state index in [-0.39, 0.29) is 11.5 Å². The van der Waals surface area contributed by atoms with Crippen LogP contribution in [0.3, 0.4) is 0 Å². The summed E-state index contributed by atoms with van der Waals surface area (Å²) >= 11 is 0. The molecular weight excluding hydrogens is 376 g/mol. The molecule has 0 atom stereocenters. The molecule has 170 valence electrons. The summed E-state index contributed by atoms with van der Waals surface area (Å²) in [4.78, 5) is 11.2. The highest BCUT2D eigenvalue weighted by molar-refractivity contribution is 5.77. The lowest BCUT2D eigenvalue weighted by atomic mass is 9.89. The van der Waals surface area contributed by atoms with E-state index in [0.29, 0.717) is 5.41 Å². The van der Waals surface area contributed by atoms with Crippen molar-refractivity contribution in [3.63, 3.8) is 0 Å². The number of rotatable bonds is 14. The molecule has 1 aliphatic carbocycles. The second kappa shape index (κ2) is 11.1. The molecule has 0 amide bonds. The number of hydrogen-bond acceptors (Lipinski definition) is 3. The van der Waals surface area contributed by atoms with Crippen molar-refractivity contribution in [2.75, 3.05) is 0 Å². The molecular formula is C26H42O4. The van der Waals surface area contributed by atoms with Crippen LogP contribution >= 0.6 is 0 Å². The van der Waals surface area contributed by atoms with Crippen molar-refractivity contribution in [1.29, 1.82) is 0 Å². The molecule has 30 heavy (non-hydrogen) atoms. The van der Waals surface area contributed by atoms with Gasteiger partial charge in [0.05, 0.1) is 5.41 Å². The maximum atomic E-state index is 11.2. The number of hydrogen-bond donors (Lipinski definition) is 3. The van der Waals surface area contributed by atoms with Gasteiger partial charge in [-0.1, -0.05) is 59.3 Å². The van der Waals surface area contributed by atoms with Gasteiger partial charge in [-0.2, -0.15) is 0 Å². The van der Waals surface area contributed by atoms with Crippen LogP contribution in [0.1, 0.15) is 109 Å². The van der Waals surface area contributed by atoms with Gasteiger partial charge in [-0.25, -0.2) is 0 Å². The summed E-state index contributed by atoms with van der Waals surface area (Å²) in [5.74, 6) is -0.675. The summed E-state index contributed by atoms with van der Waals surface area (Å²) in [6.45, 7) is 6.86. The first-order valence-electron chi connectivity index (χ1n) is 11.9. The Balaban J connectivity index is 1.71. The van der Waals surface area contributed by atoms with E-state index in [1.165, 1.54) is 25.7 Å². The SMILES string of the molecule is CC(C)(C)CCCCCCc1cc(O)c(O)cc1CCCCCCC1(C(=O)O)CC1. The van der Waals surface area contributed by atoms with Crippen molar-refractivity contribution in [3.8, 4) is 11.5 Å². The topological polar surface area (TPSA) is 77.8 Å². The molecule has 1 saturated carbocycles. The van der Waals surface area contributed by atoms with E-state index in [1.54, 1.807) is 12.1 Å². The van der Waals surface area contributed by atoms with E-state index in [4.69, 9.17) is 0 Å². The molecule has 4 heteroatoms. The summed E-state index contributed by atoms with van der Waals surface area (Å²) < 4.78 is 0. The zero-order valence-electron chi connectivity index (χ0n) is 19.3. The molecule has 2 rings (SSSR count). The first-order chi connectivity index (χ1) is 14.1. The van der Waals surface area contributed by atoms with Crippen LogP contribution in [0.25, 0.3) is 0 Å². The van der Waals surface area contributed by atoms with E-state index in [0.717, 1.165) is 75.3 Å². The number of aromatic hydroxyl groups is 2. The third-order valence-corrected chi connectivity index (χ3v) is 6.58. The standard InChI is InChI=1S/C26H42O4/c1-25(2,3)14-10-6-4-8-12-20-18-22(27)23(28)19-21(20)13-9-5-7-11-15-26(16-17-26)24(29)30/h18-19,27-28H,4-17H2,1-3H3,(H,29,30). The van der Waals surface area contributed by atoms with Gasteiger partial charge in [0.1, 0.15) is 0 Å². The maximum absolute atomic E-state index is 11.2. The number of benzene rings is 1. The molecule has 1 aromatic carbocycles. The first kappa shape index (κ1) is 24.6. The third kappa shape index (κ3) is 8.20. The quantitative estimate of drug-likeness (QED) is 0.225. The van der Waals surface area contributed by atoms with Crippen molar-refractivity contribution in [3.05, 3.63) is 23.3 Å². The van der Waals surface area contributed by atoms with Gasteiger partial charge in [0, 0.05) is 0 Å². The van der Waals surface area contributed by atoms with Crippen LogP contribution < -0.4 is 0 Å². The monoisotopic (exact) mass is 418 g/mol. The van der Waals surface area contributed by atoms with Crippen LogP contribution in [0.4, 0.5) is 0 Å². The highest BCUT2D eigenvalue weighted by Crippen LogP contribution is 2.50. The predicted molar refractivity (Wildman–Crippen MR) is 122 cm³/mol. The molecule has 1 aromatic rings. The Hall–Kier alpha value is -1.71. The largest absolute Gasteiger partial charge is 0.504 e. The lowest BCUT2D eigenvalue weighted by molar-refractivity contribution is -0.143. The fraction of sp³-hybridized carbons (Fsp3) is 0.731. The van der Waals surface area contributed by atoms with Gasteiger partial charge < -0.3 is 15.3 Å². The molecule has 0 bridgehead atoms. The van der Waals surface area contributed by atoms with Crippen molar-refractivity contribution >= 4 is 5.97 Å². The Morgan fingerprint density at radius 2 is 1.30 bits per heavy atom. The molecule has 0 aromatic heterocycles.